The molecule has 0 spiro atoms. The molecule has 41 heavy (non-hydrogen) atoms. The minimum atomic E-state index is 0.171. The molecule has 4 nitrogen and oxygen atoms in total. The molecule has 0 aromatic heterocycles. The van der Waals surface area contributed by atoms with Crippen LogP contribution in [0.1, 0.15) is 45.9 Å². The highest BCUT2D eigenvalue weighted by Gasteiger charge is 2.31. The van der Waals surface area contributed by atoms with E-state index in [2.05, 4.69) is 94.8 Å². The predicted octanol–water partition coefficient (Wildman–Crippen LogP) is 8.80. The molecular formula is C35H37BrO4S. The summed E-state index contributed by atoms with van der Waals surface area (Å²) in [6, 6.07) is 33.7. The molecule has 0 bridgehead atoms. The minimum absolute atomic E-state index is 0.171. The number of thioether (sulfide) groups is 1. The average Bonchev–Trinajstić information content (AvgIpc) is 3.02. The van der Waals surface area contributed by atoms with Gasteiger partial charge in [-0.15, -0.1) is 11.8 Å². The molecule has 0 radical (unpaired) electrons. The van der Waals surface area contributed by atoms with E-state index >= 15 is 0 Å². The Balaban J connectivity index is 1.31. The van der Waals surface area contributed by atoms with Crippen molar-refractivity contribution >= 4 is 27.7 Å². The summed E-state index contributed by atoms with van der Waals surface area (Å²) < 4.78 is 24.8. The van der Waals surface area contributed by atoms with E-state index < -0.39 is 0 Å². The van der Waals surface area contributed by atoms with Crippen LogP contribution in [0.15, 0.2) is 102 Å². The van der Waals surface area contributed by atoms with Crippen molar-refractivity contribution in [1.82, 2.24) is 0 Å². The number of hydrogen-bond donors (Lipinski definition) is 0. The molecule has 0 aliphatic carbocycles. The second kappa shape index (κ2) is 14.9. The van der Waals surface area contributed by atoms with Gasteiger partial charge in [0.15, 0.2) is 11.5 Å². The summed E-state index contributed by atoms with van der Waals surface area (Å²) in [6.07, 6.45) is 2.93. The summed E-state index contributed by atoms with van der Waals surface area (Å²) >= 11 is 5.82. The van der Waals surface area contributed by atoms with Gasteiger partial charge in [-0.2, -0.15) is 0 Å². The van der Waals surface area contributed by atoms with Crippen LogP contribution in [0.25, 0.3) is 0 Å². The van der Waals surface area contributed by atoms with Gasteiger partial charge in [-0.1, -0.05) is 94.8 Å². The van der Waals surface area contributed by atoms with Gasteiger partial charge in [0.2, 0.25) is 0 Å². The van der Waals surface area contributed by atoms with Gasteiger partial charge >= 0.3 is 0 Å². The Morgan fingerprint density at radius 1 is 0.732 bits per heavy atom. The van der Waals surface area contributed by atoms with Gasteiger partial charge in [-0.05, 0) is 65.3 Å². The molecule has 0 N–H and O–H groups in total. The first kappa shape index (κ1) is 29.7. The molecule has 1 aliphatic rings. The van der Waals surface area contributed by atoms with Gasteiger partial charge in [0.05, 0.1) is 40.1 Å². The fraction of sp³-hybridized carbons (Fsp3) is 0.314. The molecule has 214 valence electrons. The van der Waals surface area contributed by atoms with Crippen molar-refractivity contribution in [3.8, 4) is 11.5 Å². The van der Waals surface area contributed by atoms with E-state index in [0.29, 0.717) is 30.3 Å². The molecule has 6 heteroatoms. The van der Waals surface area contributed by atoms with E-state index in [0.717, 1.165) is 35.2 Å². The highest BCUT2D eigenvalue weighted by Crippen LogP contribution is 2.45. The van der Waals surface area contributed by atoms with Crippen LogP contribution in [-0.4, -0.2) is 32.2 Å². The zero-order valence-corrected chi connectivity index (χ0v) is 26.0. The molecule has 1 fully saturated rings. The van der Waals surface area contributed by atoms with Crippen LogP contribution in [0, 0.1) is 0 Å². The zero-order valence-electron chi connectivity index (χ0n) is 23.6. The zero-order chi connectivity index (χ0) is 28.4. The summed E-state index contributed by atoms with van der Waals surface area (Å²) in [6.45, 7) is 1.97. The Morgan fingerprint density at radius 3 is 2.15 bits per heavy atom. The van der Waals surface area contributed by atoms with Gasteiger partial charge < -0.3 is 18.9 Å². The molecule has 0 amide bonds. The number of hydrogen-bond acceptors (Lipinski definition) is 5. The smallest absolute Gasteiger partial charge is 0.160 e. The summed E-state index contributed by atoms with van der Waals surface area (Å²) in [5.41, 5.74) is 6.16. The predicted molar refractivity (Wildman–Crippen MR) is 171 cm³/mol. The molecule has 1 saturated heterocycles. The maximum atomic E-state index is 6.51. The van der Waals surface area contributed by atoms with Gasteiger partial charge in [-0.25, -0.2) is 0 Å². The second-order valence-corrected chi connectivity index (χ2v) is 12.7. The number of ether oxygens (including phenoxy) is 4. The first-order valence-corrected chi connectivity index (χ1v) is 15.8. The van der Waals surface area contributed by atoms with Crippen molar-refractivity contribution in [2.45, 2.75) is 49.1 Å². The first-order valence-electron chi connectivity index (χ1n) is 14.0. The Kier molecular flexibility index (Phi) is 10.8. The Bertz CT molecular complexity index is 1380. The topological polar surface area (TPSA) is 36.9 Å². The van der Waals surface area contributed by atoms with E-state index in [9.17, 15) is 0 Å². The number of methoxy groups -OCH3 is 2. The van der Waals surface area contributed by atoms with E-state index in [4.69, 9.17) is 18.9 Å². The highest BCUT2D eigenvalue weighted by atomic mass is 79.9. The molecular weight excluding hydrogens is 596 g/mol. The maximum absolute atomic E-state index is 6.51. The molecule has 0 saturated carbocycles. The van der Waals surface area contributed by atoms with E-state index in [1.165, 1.54) is 27.8 Å². The molecule has 4 aromatic carbocycles. The van der Waals surface area contributed by atoms with Crippen molar-refractivity contribution in [3.05, 3.63) is 129 Å². The van der Waals surface area contributed by atoms with Crippen molar-refractivity contribution in [3.63, 3.8) is 0 Å². The monoisotopic (exact) mass is 632 g/mol. The molecule has 5 rings (SSSR count). The lowest BCUT2D eigenvalue weighted by Crippen LogP contribution is -2.30. The third-order valence-electron chi connectivity index (χ3n) is 7.39. The fourth-order valence-electron chi connectivity index (χ4n) is 5.24. The summed E-state index contributed by atoms with van der Waals surface area (Å²) in [7, 11) is 3.34. The molecule has 1 aliphatic heterocycles. The summed E-state index contributed by atoms with van der Waals surface area (Å²) in [4.78, 5) is 0. The summed E-state index contributed by atoms with van der Waals surface area (Å²) in [5.74, 6) is 1.49. The standard InChI is InChI=1S/C35H37BrO4S/c1-37-33-16-13-27(18-34(33)38-2)17-29-19-28(14-15-32(29)36)35-21-30(40-23-26-11-7-4-8-12-26)20-31(41-35)24-39-22-25-9-5-3-6-10-25/h3-16,18-19,30-31,35H,17,20-24H2,1-2H3/t30-,31-,35+/m0/s1. The van der Waals surface area contributed by atoms with E-state index in [1.54, 1.807) is 14.2 Å². The van der Waals surface area contributed by atoms with Crippen LogP contribution in [0.5, 0.6) is 11.5 Å². The highest BCUT2D eigenvalue weighted by molar-refractivity contribution is 9.10. The molecule has 3 atom stereocenters. The second-order valence-electron chi connectivity index (χ2n) is 10.4. The van der Waals surface area contributed by atoms with E-state index in [-0.39, 0.29) is 6.10 Å². The lowest BCUT2D eigenvalue weighted by atomic mass is 9.97. The van der Waals surface area contributed by atoms with Crippen molar-refractivity contribution in [2.24, 2.45) is 0 Å². The van der Waals surface area contributed by atoms with Crippen molar-refractivity contribution in [2.75, 3.05) is 20.8 Å². The quantitative estimate of drug-likeness (QED) is 0.156. The van der Waals surface area contributed by atoms with Gasteiger partial charge in [0, 0.05) is 15.0 Å². The molecule has 4 aromatic rings. The van der Waals surface area contributed by atoms with E-state index in [1.807, 2.05) is 30.0 Å². The lowest BCUT2D eigenvalue weighted by molar-refractivity contribution is 0.0180. The third kappa shape index (κ3) is 8.39. The van der Waals surface area contributed by atoms with Crippen LogP contribution in [-0.2, 0) is 29.1 Å². The van der Waals surface area contributed by atoms with Crippen LogP contribution in [0.4, 0.5) is 0 Å². The van der Waals surface area contributed by atoms with Crippen molar-refractivity contribution in [1.29, 1.82) is 0 Å². The Morgan fingerprint density at radius 2 is 1.44 bits per heavy atom. The van der Waals surface area contributed by atoms with Crippen LogP contribution in [0.3, 0.4) is 0 Å². The Labute approximate surface area is 256 Å². The van der Waals surface area contributed by atoms with Gasteiger partial charge in [0.25, 0.3) is 0 Å². The normalized spacial score (nSPS) is 18.7. The minimum Gasteiger partial charge on any atom is -0.493 e. The lowest BCUT2D eigenvalue weighted by Gasteiger charge is -2.35. The average molecular weight is 634 g/mol. The SMILES string of the molecule is COc1ccc(Cc2cc([C@H]3C[C@@H](OCc4ccccc4)C[C@@H](COCc4ccccc4)S3)ccc2Br)cc1OC. The summed E-state index contributed by atoms with van der Waals surface area (Å²) in [5, 5.41) is 0.684. The third-order valence-corrected chi connectivity index (χ3v) is 9.67. The van der Waals surface area contributed by atoms with Crippen LogP contribution < -0.4 is 9.47 Å². The fourth-order valence-corrected chi connectivity index (χ4v) is 7.22. The molecule has 1 heterocycles. The van der Waals surface area contributed by atoms with Crippen molar-refractivity contribution < 1.29 is 18.9 Å². The Hall–Kier alpha value is -2.77. The van der Waals surface area contributed by atoms with Crippen LogP contribution >= 0.6 is 27.7 Å². The van der Waals surface area contributed by atoms with Crippen LogP contribution in [0.2, 0.25) is 0 Å². The van der Waals surface area contributed by atoms with Gasteiger partial charge in [-0.3, -0.25) is 0 Å². The number of benzene rings is 4. The van der Waals surface area contributed by atoms with Gasteiger partial charge in [0.1, 0.15) is 0 Å². The molecule has 0 unspecified atom stereocenters. The number of halogens is 1. The number of rotatable bonds is 12. The largest absolute Gasteiger partial charge is 0.493 e. The maximum Gasteiger partial charge on any atom is 0.160 e. The first-order chi connectivity index (χ1) is 20.1.